The SMILES string of the molecule is Cc1cccc(NC(=O)c2ccc(Br)cc2C(=O)OC(C)(C)C)n1. The number of aryl methyl sites for hydroxylation is 1. The van der Waals surface area contributed by atoms with Crippen LogP contribution in [-0.4, -0.2) is 22.5 Å². The number of benzene rings is 1. The largest absolute Gasteiger partial charge is 0.456 e. The highest BCUT2D eigenvalue weighted by atomic mass is 79.9. The minimum atomic E-state index is -0.648. The van der Waals surface area contributed by atoms with Gasteiger partial charge in [0.2, 0.25) is 0 Å². The lowest BCUT2D eigenvalue weighted by atomic mass is 10.1. The maximum atomic E-state index is 12.6. The first kappa shape index (κ1) is 18.1. The van der Waals surface area contributed by atoms with E-state index in [0.29, 0.717) is 10.3 Å². The van der Waals surface area contributed by atoms with Gasteiger partial charge in [-0.05, 0) is 58.0 Å². The van der Waals surface area contributed by atoms with E-state index in [-0.39, 0.29) is 11.1 Å². The number of rotatable bonds is 3. The number of amides is 1. The number of hydrogen-bond donors (Lipinski definition) is 1. The van der Waals surface area contributed by atoms with Crippen molar-refractivity contribution in [2.45, 2.75) is 33.3 Å². The lowest BCUT2D eigenvalue weighted by Crippen LogP contribution is -2.26. The molecule has 0 aliphatic heterocycles. The summed E-state index contributed by atoms with van der Waals surface area (Å²) in [6.45, 7) is 7.17. The van der Waals surface area contributed by atoms with Crippen LogP contribution in [-0.2, 0) is 4.74 Å². The molecule has 0 saturated carbocycles. The highest BCUT2D eigenvalue weighted by Crippen LogP contribution is 2.21. The van der Waals surface area contributed by atoms with Crippen LogP contribution in [0.5, 0.6) is 0 Å². The molecule has 0 fully saturated rings. The molecule has 0 spiro atoms. The van der Waals surface area contributed by atoms with E-state index in [2.05, 4.69) is 26.2 Å². The first-order valence-corrected chi connectivity index (χ1v) is 8.23. The van der Waals surface area contributed by atoms with Gasteiger partial charge in [0.25, 0.3) is 5.91 Å². The minimum Gasteiger partial charge on any atom is -0.456 e. The van der Waals surface area contributed by atoms with E-state index in [1.54, 1.807) is 51.1 Å². The van der Waals surface area contributed by atoms with Crippen molar-refractivity contribution < 1.29 is 14.3 Å². The van der Waals surface area contributed by atoms with Gasteiger partial charge in [-0.3, -0.25) is 4.79 Å². The molecule has 0 atom stereocenters. The topological polar surface area (TPSA) is 68.3 Å². The maximum Gasteiger partial charge on any atom is 0.339 e. The van der Waals surface area contributed by atoms with Crippen LogP contribution in [0.25, 0.3) is 0 Å². The first-order chi connectivity index (χ1) is 11.2. The second kappa shape index (κ2) is 7.13. The van der Waals surface area contributed by atoms with E-state index in [1.807, 2.05) is 13.0 Å². The number of anilines is 1. The molecule has 0 aliphatic rings. The number of carbonyl (C=O) groups excluding carboxylic acids is 2. The summed E-state index contributed by atoms with van der Waals surface area (Å²) in [6, 6.07) is 10.2. The van der Waals surface area contributed by atoms with Crippen LogP contribution in [0, 0.1) is 6.92 Å². The van der Waals surface area contributed by atoms with Gasteiger partial charge in [-0.15, -0.1) is 0 Å². The molecule has 1 heterocycles. The zero-order chi connectivity index (χ0) is 17.9. The standard InChI is InChI=1S/C18H19BrN2O3/c1-11-6-5-7-15(20-11)21-16(22)13-9-8-12(19)10-14(13)17(23)24-18(2,3)4/h5-10H,1-4H3,(H,20,21,22). The number of halogens is 1. The summed E-state index contributed by atoms with van der Waals surface area (Å²) in [5, 5.41) is 2.70. The summed E-state index contributed by atoms with van der Waals surface area (Å²) in [4.78, 5) is 29.2. The van der Waals surface area contributed by atoms with Crippen LogP contribution in [0.2, 0.25) is 0 Å². The van der Waals surface area contributed by atoms with Gasteiger partial charge in [-0.25, -0.2) is 9.78 Å². The average molecular weight is 391 g/mol. The molecule has 0 aliphatic carbocycles. The van der Waals surface area contributed by atoms with E-state index < -0.39 is 17.5 Å². The Labute approximate surface area is 149 Å². The van der Waals surface area contributed by atoms with Crippen LogP contribution < -0.4 is 5.32 Å². The fourth-order valence-electron chi connectivity index (χ4n) is 2.01. The third-order valence-electron chi connectivity index (χ3n) is 2.97. The monoisotopic (exact) mass is 390 g/mol. The van der Waals surface area contributed by atoms with Gasteiger partial charge >= 0.3 is 5.97 Å². The smallest absolute Gasteiger partial charge is 0.339 e. The molecular weight excluding hydrogens is 372 g/mol. The number of esters is 1. The van der Waals surface area contributed by atoms with Crippen molar-refractivity contribution in [3.63, 3.8) is 0 Å². The molecule has 1 aromatic carbocycles. The lowest BCUT2D eigenvalue weighted by molar-refractivity contribution is 0.00677. The van der Waals surface area contributed by atoms with Crippen LogP contribution in [0.4, 0.5) is 5.82 Å². The van der Waals surface area contributed by atoms with E-state index in [0.717, 1.165) is 5.69 Å². The van der Waals surface area contributed by atoms with E-state index in [9.17, 15) is 9.59 Å². The minimum absolute atomic E-state index is 0.199. The van der Waals surface area contributed by atoms with Gasteiger partial charge in [0.1, 0.15) is 11.4 Å². The van der Waals surface area contributed by atoms with E-state index in [4.69, 9.17) is 4.74 Å². The number of hydrogen-bond acceptors (Lipinski definition) is 4. The number of pyridine rings is 1. The molecule has 126 valence electrons. The predicted octanol–water partition coefficient (Wildman–Crippen LogP) is 4.36. The molecule has 1 amide bonds. The molecule has 24 heavy (non-hydrogen) atoms. The Hall–Kier alpha value is -2.21. The van der Waals surface area contributed by atoms with Crippen LogP contribution in [0.3, 0.4) is 0 Å². The quantitative estimate of drug-likeness (QED) is 0.790. The number of nitrogens with one attached hydrogen (secondary N) is 1. The van der Waals surface area contributed by atoms with E-state index in [1.165, 1.54) is 0 Å². The molecular formula is C18H19BrN2O3. The summed E-state index contributed by atoms with van der Waals surface area (Å²) >= 11 is 3.32. The van der Waals surface area contributed by atoms with Gasteiger partial charge < -0.3 is 10.1 Å². The number of carbonyl (C=O) groups is 2. The molecule has 6 heteroatoms. The molecule has 2 rings (SSSR count). The average Bonchev–Trinajstić information content (AvgIpc) is 2.45. The molecule has 0 unspecified atom stereocenters. The summed E-state index contributed by atoms with van der Waals surface area (Å²) in [7, 11) is 0. The second-order valence-corrected chi connectivity index (χ2v) is 7.23. The Bertz CT molecular complexity index is 782. The summed E-state index contributed by atoms with van der Waals surface area (Å²) in [5.41, 5.74) is 0.571. The van der Waals surface area contributed by atoms with Gasteiger partial charge in [-0.2, -0.15) is 0 Å². The van der Waals surface area contributed by atoms with Crippen LogP contribution in [0.1, 0.15) is 47.2 Å². The Morgan fingerprint density at radius 1 is 1.12 bits per heavy atom. The van der Waals surface area contributed by atoms with Crippen molar-refractivity contribution in [1.29, 1.82) is 0 Å². The Balaban J connectivity index is 2.32. The number of aromatic nitrogens is 1. The molecule has 0 radical (unpaired) electrons. The number of ether oxygens (including phenoxy) is 1. The first-order valence-electron chi connectivity index (χ1n) is 7.43. The lowest BCUT2D eigenvalue weighted by Gasteiger charge is -2.20. The van der Waals surface area contributed by atoms with Crippen molar-refractivity contribution in [3.8, 4) is 0 Å². The third-order valence-corrected chi connectivity index (χ3v) is 3.47. The van der Waals surface area contributed by atoms with Crippen molar-refractivity contribution in [2.24, 2.45) is 0 Å². The zero-order valence-electron chi connectivity index (χ0n) is 14.0. The van der Waals surface area contributed by atoms with Crippen molar-refractivity contribution >= 4 is 33.6 Å². The van der Waals surface area contributed by atoms with Crippen molar-refractivity contribution in [2.75, 3.05) is 5.32 Å². The molecule has 0 saturated heterocycles. The number of nitrogens with zero attached hydrogens (tertiary/aromatic N) is 1. The molecule has 0 bridgehead atoms. The summed E-state index contributed by atoms with van der Waals surface area (Å²) < 4.78 is 6.07. The summed E-state index contributed by atoms with van der Waals surface area (Å²) in [6.07, 6.45) is 0. The fourth-order valence-corrected chi connectivity index (χ4v) is 2.37. The van der Waals surface area contributed by atoms with Crippen LogP contribution in [0.15, 0.2) is 40.9 Å². The summed E-state index contributed by atoms with van der Waals surface area (Å²) in [5.74, 6) is -0.536. The highest BCUT2D eigenvalue weighted by molar-refractivity contribution is 9.10. The third kappa shape index (κ3) is 4.89. The highest BCUT2D eigenvalue weighted by Gasteiger charge is 2.23. The van der Waals surface area contributed by atoms with Gasteiger partial charge in [0.15, 0.2) is 0 Å². The maximum absolute atomic E-state index is 12.6. The Kier molecular flexibility index (Phi) is 5.39. The molecule has 1 aromatic heterocycles. The second-order valence-electron chi connectivity index (χ2n) is 6.31. The molecule has 2 aromatic rings. The molecule has 5 nitrogen and oxygen atoms in total. The van der Waals surface area contributed by atoms with Gasteiger partial charge in [-0.1, -0.05) is 22.0 Å². The predicted molar refractivity (Wildman–Crippen MR) is 96.2 cm³/mol. The van der Waals surface area contributed by atoms with Crippen LogP contribution >= 0.6 is 15.9 Å². The van der Waals surface area contributed by atoms with E-state index >= 15 is 0 Å². The Morgan fingerprint density at radius 2 is 1.83 bits per heavy atom. The van der Waals surface area contributed by atoms with Crippen molar-refractivity contribution in [1.82, 2.24) is 4.98 Å². The van der Waals surface area contributed by atoms with Gasteiger partial charge in [0.05, 0.1) is 11.1 Å². The molecule has 1 N–H and O–H groups in total. The zero-order valence-corrected chi connectivity index (χ0v) is 15.6. The Morgan fingerprint density at radius 3 is 2.46 bits per heavy atom. The van der Waals surface area contributed by atoms with Gasteiger partial charge in [0, 0.05) is 10.2 Å². The fraction of sp³-hybridized carbons (Fsp3) is 0.278. The normalized spacial score (nSPS) is 11.0. The van der Waals surface area contributed by atoms with Crippen molar-refractivity contribution in [3.05, 3.63) is 57.7 Å².